The first kappa shape index (κ1) is 26.0. The van der Waals surface area contributed by atoms with Crippen molar-refractivity contribution < 1.29 is 9.53 Å². The molecular weight excluding hydrogens is 515 g/mol. The summed E-state index contributed by atoms with van der Waals surface area (Å²) in [7, 11) is 1.85. The Kier molecular flexibility index (Phi) is 11.3. The third-order valence-corrected chi connectivity index (χ3v) is 5.40. The standard InChI is InChI=1S/C25H34N4O2.HI/c1-3-26-25(27-17-14-24(30)28(2)20-21-10-6-4-7-11-21)29-18-15-23(16-19-29)31-22-12-8-5-9-13-22;/h4-13,23H,3,14-20H2,1-2H3,(H,26,27);1H. The Labute approximate surface area is 209 Å². The summed E-state index contributed by atoms with van der Waals surface area (Å²) in [6.07, 6.45) is 2.55. The molecule has 1 aliphatic heterocycles. The van der Waals surface area contributed by atoms with Gasteiger partial charge in [-0.15, -0.1) is 24.0 Å². The second kappa shape index (κ2) is 14.0. The molecule has 7 heteroatoms. The summed E-state index contributed by atoms with van der Waals surface area (Å²) < 4.78 is 6.09. The molecule has 0 aliphatic carbocycles. The Hall–Kier alpha value is -2.29. The van der Waals surface area contributed by atoms with E-state index in [2.05, 4.69) is 17.1 Å². The minimum Gasteiger partial charge on any atom is -0.490 e. The molecule has 0 saturated carbocycles. The lowest BCUT2D eigenvalue weighted by Crippen LogP contribution is -2.47. The molecule has 0 radical (unpaired) electrons. The predicted molar refractivity (Wildman–Crippen MR) is 141 cm³/mol. The highest BCUT2D eigenvalue weighted by Crippen LogP contribution is 2.18. The van der Waals surface area contributed by atoms with Crippen molar-refractivity contribution in [1.82, 2.24) is 15.1 Å². The molecule has 1 N–H and O–H groups in total. The Balaban J connectivity index is 0.00000363. The first-order chi connectivity index (χ1) is 15.2. The van der Waals surface area contributed by atoms with Gasteiger partial charge in [0.1, 0.15) is 11.9 Å². The van der Waals surface area contributed by atoms with Crippen LogP contribution in [0.2, 0.25) is 0 Å². The lowest BCUT2D eigenvalue weighted by Gasteiger charge is -2.34. The quantitative estimate of drug-likeness (QED) is 0.305. The van der Waals surface area contributed by atoms with Gasteiger partial charge in [-0.1, -0.05) is 48.5 Å². The largest absolute Gasteiger partial charge is 0.490 e. The summed E-state index contributed by atoms with van der Waals surface area (Å²) in [5.74, 6) is 1.93. The summed E-state index contributed by atoms with van der Waals surface area (Å²) in [5, 5.41) is 3.37. The van der Waals surface area contributed by atoms with Crippen molar-refractivity contribution in [1.29, 1.82) is 0 Å². The van der Waals surface area contributed by atoms with Crippen LogP contribution in [0.25, 0.3) is 0 Å². The zero-order chi connectivity index (χ0) is 21.9. The molecule has 1 fully saturated rings. The van der Waals surface area contributed by atoms with E-state index in [1.54, 1.807) is 4.90 Å². The van der Waals surface area contributed by atoms with Gasteiger partial charge in [-0.25, -0.2) is 0 Å². The van der Waals surface area contributed by atoms with Crippen LogP contribution in [0.3, 0.4) is 0 Å². The molecule has 0 atom stereocenters. The van der Waals surface area contributed by atoms with Gasteiger partial charge in [0.15, 0.2) is 5.96 Å². The van der Waals surface area contributed by atoms with Gasteiger partial charge in [0.2, 0.25) is 5.91 Å². The molecule has 3 rings (SSSR count). The highest BCUT2D eigenvalue weighted by Gasteiger charge is 2.22. The normalized spacial score (nSPS) is 14.4. The molecule has 1 amide bonds. The number of piperidine rings is 1. The number of amides is 1. The van der Waals surface area contributed by atoms with Gasteiger partial charge in [0.25, 0.3) is 0 Å². The van der Waals surface area contributed by atoms with Crippen LogP contribution in [0.15, 0.2) is 65.7 Å². The number of carbonyl (C=O) groups excluding carboxylic acids is 1. The van der Waals surface area contributed by atoms with Crippen LogP contribution in [0.4, 0.5) is 0 Å². The fourth-order valence-electron chi connectivity index (χ4n) is 3.70. The molecule has 0 aromatic heterocycles. The van der Waals surface area contributed by atoms with Crippen LogP contribution in [-0.2, 0) is 11.3 Å². The van der Waals surface area contributed by atoms with E-state index in [1.807, 2.05) is 67.7 Å². The van der Waals surface area contributed by atoms with Crippen LogP contribution in [-0.4, -0.2) is 61.0 Å². The van der Waals surface area contributed by atoms with E-state index in [0.29, 0.717) is 19.5 Å². The van der Waals surface area contributed by atoms with Gasteiger partial charge in [-0.3, -0.25) is 9.79 Å². The summed E-state index contributed by atoms with van der Waals surface area (Å²) in [6.45, 7) is 5.77. The number of likely N-dealkylation sites (tertiary alicyclic amines) is 1. The van der Waals surface area contributed by atoms with Gasteiger partial charge in [-0.2, -0.15) is 0 Å². The second-order valence-electron chi connectivity index (χ2n) is 7.84. The lowest BCUT2D eigenvalue weighted by molar-refractivity contribution is -0.130. The van der Waals surface area contributed by atoms with Crippen LogP contribution >= 0.6 is 24.0 Å². The van der Waals surface area contributed by atoms with Crippen molar-refractivity contribution in [3.8, 4) is 5.75 Å². The topological polar surface area (TPSA) is 57.2 Å². The average Bonchev–Trinajstić information content (AvgIpc) is 2.80. The molecule has 1 saturated heterocycles. The predicted octanol–water partition coefficient (Wildman–Crippen LogP) is 4.16. The first-order valence-electron chi connectivity index (χ1n) is 11.2. The molecule has 174 valence electrons. The summed E-state index contributed by atoms with van der Waals surface area (Å²) >= 11 is 0. The third kappa shape index (κ3) is 8.33. The van der Waals surface area contributed by atoms with Crippen molar-refractivity contribution in [2.75, 3.05) is 33.2 Å². The van der Waals surface area contributed by atoms with Crippen molar-refractivity contribution >= 4 is 35.8 Å². The van der Waals surface area contributed by atoms with Crippen LogP contribution in [0.1, 0.15) is 31.7 Å². The molecule has 1 heterocycles. The smallest absolute Gasteiger partial charge is 0.224 e. The maximum atomic E-state index is 12.5. The van der Waals surface area contributed by atoms with E-state index in [0.717, 1.165) is 49.7 Å². The van der Waals surface area contributed by atoms with Gasteiger partial charge in [0.05, 0.1) is 6.54 Å². The number of nitrogens with zero attached hydrogens (tertiary/aromatic N) is 3. The zero-order valence-corrected chi connectivity index (χ0v) is 21.4. The summed E-state index contributed by atoms with van der Waals surface area (Å²) in [5.41, 5.74) is 1.13. The van der Waals surface area contributed by atoms with Crippen LogP contribution in [0.5, 0.6) is 5.75 Å². The van der Waals surface area contributed by atoms with E-state index in [1.165, 1.54) is 0 Å². The van der Waals surface area contributed by atoms with E-state index < -0.39 is 0 Å². The molecule has 32 heavy (non-hydrogen) atoms. The maximum absolute atomic E-state index is 12.5. The molecule has 1 aliphatic rings. The minimum atomic E-state index is 0. The minimum absolute atomic E-state index is 0. The Bertz CT molecular complexity index is 824. The van der Waals surface area contributed by atoms with Gasteiger partial charge >= 0.3 is 0 Å². The SMILES string of the molecule is CCNC(=NCCC(=O)N(C)Cc1ccccc1)N1CCC(Oc2ccccc2)CC1.I. The van der Waals surface area contributed by atoms with Crippen molar-refractivity contribution in [3.05, 3.63) is 66.2 Å². The first-order valence-corrected chi connectivity index (χ1v) is 11.2. The lowest BCUT2D eigenvalue weighted by atomic mass is 10.1. The number of nitrogens with one attached hydrogen (secondary N) is 1. The number of hydrogen-bond donors (Lipinski definition) is 1. The molecular formula is C25H35IN4O2. The number of guanidine groups is 1. The number of halogens is 1. The molecule has 0 bridgehead atoms. The molecule has 2 aromatic rings. The van der Waals surface area contributed by atoms with Crippen molar-refractivity contribution in [2.24, 2.45) is 4.99 Å². The number of carbonyl (C=O) groups is 1. The summed E-state index contributed by atoms with van der Waals surface area (Å²) in [6, 6.07) is 20.1. The van der Waals surface area contributed by atoms with E-state index >= 15 is 0 Å². The molecule has 2 aromatic carbocycles. The number of aliphatic imine (C=N–C) groups is 1. The fraction of sp³-hybridized carbons (Fsp3) is 0.440. The number of benzene rings is 2. The molecule has 0 unspecified atom stereocenters. The van der Waals surface area contributed by atoms with Gasteiger partial charge in [-0.05, 0) is 24.6 Å². The average molecular weight is 550 g/mol. The highest BCUT2D eigenvalue weighted by molar-refractivity contribution is 14.0. The zero-order valence-electron chi connectivity index (χ0n) is 19.1. The molecule has 0 spiro atoms. The Morgan fingerprint density at radius 3 is 2.34 bits per heavy atom. The molecule has 6 nitrogen and oxygen atoms in total. The maximum Gasteiger partial charge on any atom is 0.224 e. The van der Waals surface area contributed by atoms with Crippen molar-refractivity contribution in [2.45, 2.75) is 38.8 Å². The number of ether oxygens (including phenoxy) is 1. The number of para-hydroxylation sites is 1. The Morgan fingerprint density at radius 2 is 1.72 bits per heavy atom. The number of rotatable bonds is 8. The summed E-state index contributed by atoms with van der Waals surface area (Å²) in [4.78, 5) is 21.2. The fourth-order valence-corrected chi connectivity index (χ4v) is 3.70. The van der Waals surface area contributed by atoms with Crippen LogP contribution in [0, 0.1) is 0 Å². The third-order valence-electron chi connectivity index (χ3n) is 5.40. The van der Waals surface area contributed by atoms with E-state index in [9.17, 15) is 4.79 Å². The van der Waals surface area contributed by atoms with Crippen molar-refractivity contribution in [3.63, 3.8) is 0 Å². The van der Waals surface area contributed by atoms with Crippen LogP contribution < -0.4 is 10.1 Å². The number of hydrogen-bond acceptors (Lipinski definition) is 3. The van der Waals surface area contributed by atoms with E-state index in [-0.39, 0.29) is 36.0 Å². The monoisotopic (exact) mass is 550 g/mol. The second-order valence-corrected chi connectivity index (χ2v) is 7.84. The van der Waals surface area contributed by atoms with E-state index in [4.69, 9.17) is 9.73 Å². The highest BCUT2D eigenvalue weighted by atomic mass is 127. The van der Waals surface area contributed by atoms with Gasteiger partial charge < -0.3 is 19.9 Å². The van der Waals surface area contributed by atoms with Gasteiger partial charge in [0, 0.05) is 52.5 Å². The Morgan fingerprint density at radius 1 is 1.09 bits per heavy atom.